The van der Waals surface area contributed by atoms with Crippen LogP contribution in [0.2, 0.25) is 0 Å². The molecule has 0 bridgehead atoms. The summed E-state index contributed by atoms with van der Waals surface area (Å²) in [4.78, 5) is 12.4. The van der Waals surface area contributed by atoms with Crippen molar-refractivity contribution in [3.8, 4) is 22.6 Å². The fourth-order valence-corrected chi connectivity index (χ4v) is 4.20. The third-order valence-electron chi connectivity index (χ3n) is 4.35. The quantitative estimate of drug-likeness (QED) is 0.437. The van der Waals surface area contributed by atoms with Gasteiger partial charge in [-0.15, -0.1) is 0 Å². The molecule has 0 unspecified atom stereocenters. The van der Waals surface area contributed by atoms with Crippen molar-refractivity contribution in [3.05, 3.63) is 84.3 Å². The van der Waals surface area contributed by atoms with Crippen LogP contribution >= 0.6 is 11.8 Å². The van der Waals surface area contributed by atoms with E-state index in [0.29, 0.717) is 22.3 Å². The van der Waals surface area contributed by atoms with E-state index >= 15 is 0 Å². The summed E-state index contributed by atoms with van der Waals surface area (Å²) >= 11 is 1.47. The molecular formula is C21H17FN4O2S2. The molecule has 0 aliphatic rings. The Morgan fingerprint density at radius 3 is 2.37 bits per heavy atom. The number of aromatic nitrogens is 3. The van der Waals surface area contributed by atoms with Crippen molar-refractivity contribution < 1.29 is 12.8 Å². The molecule has 2 aromatic heterocycles. The summed E-state index contributed by atoms with van der Waals surface area (Å²) in [6.45, 7) is 0. The number of H-pyrrole nitrogens is 1. The number of aromatic amines is 1. The fourth-order valence-electron chi connectivity index (χ4n) is 2.86. The Labute approximate surface area is 177 Å². The van der Waals surface area contributed by atoms with Crippen LogP contribution in [0.1, 0.15) is 5.56 Å². The van der Waals surface area contributed by atoms with Gasteiger partial charge in [0.1, 0.15) is 11.5 Å². The Kier molecular flexibility index (Phi) is 5.67. The summed E-state index contributed by atoms with van der Waals surface area (Å²) < 4.78 is 36.1. The average Bonchev–Trinajstić information content (AvgIpc) is 3.17. The molecule has 0 saturated carbocycles. The number of nitrogens with one attached hydrogen (secondary N) is 1. The van der Waals surface area contributed by atoms with E-state index in [2.05, 4.69) is 15.0 Å². The van der Waals surface area contributed by atoms with Crippen LogP contribution in [0.4, 0.5) is 4.39 Å². The van der Waals surface area contributed by atoms with Gasteiger partial charge in [0.25, 0.3) is 0 Å². The van der Waals surface area contributed by atoms with E-state index in [-0.39, 0.29) is 10.7 Å². The van der Waals surface area contributed by atoms with Crippen molar-refractivity contribution in [3.63, 3.8) is 0 Å². The number of primary sulfonamides is 1. The molecule has 9 heteroatoms. The molecule has 0 spiro atoms. The largest absolute Gasteiger partial charge is 0.332 e. The maximum absolute atomic E-state index is 13.4. The fraction of sp³-hybridized carbons (Fsp3) is 0.0476. The average molecular weight is 441 g/mol. The third kappa shape index (κ3) is 4.59. The van der Waals surface area contributed by atoms with Crippen molar-refractivity contribution in [2.24, 2.45) is 5.14 Å². The van der Waals surface area contributed by atoms with Crippen molar-refractivity contribution in [1.29, 1.82) is 0 Å². The van der Waals surface area contributed by atoms with Gasteiger partial charge in [-0.05, 0) is 54.1 Å². The number of halogens is 1. The minimum absolute atomic E-state index is 0.0743. The first-order valence-corrected chi connectivity index (χ1v) is 11.5. The normalized spacial score (nSPS) is 11.5. The molecule has 2 aromatic carbocycles. The van der Waals surface area contributed by atoms with E-state index in [1.807, 2.05) is 18.2 Å². The maximum Gasteiger partial charge on any atom is 0.238 e. The Hall–Kier alpha value is -3.01. The van der Waals surface area contributed by atoms with E-state index in [4.69, 9.17) is 5.14 Å². The van der Waals surface area contributed by atoms with E-state index in [9.17, 15) is 12.8 Å². The SMILES string of the molecule is NS(=O)(=O)c1ccc(CSc2nc(-c3ccccn3)c(-c3ccc(F)cc3)[nH]2)cc1. The number of imidazole rings is 1. The molecule has 4 rings (SSSR count). The summed E-state index contributed by atoms with van der Waals surface area (Å²) in [5.74, 6) is 0.262. The second kappa shape index (κ2) is 8.39. The first kappa shape index (κ1) is 20.3. The van der Waals surface area contributed by atoms with Gasteiger partial charge in [0, 0.05) is 17.5 Å². The number of benzene rings is 2. The highest BCUT2D eigenvalue weighted by Gasteiger charge is 2.16. The molecule has 4 aromatic rings. The molecular weight excluding hydrogens is 423 g/mol. The number of thioether (sulfide) groups is 1. The first-order chi connectivity index (χ1) is 14.4. The van der Waals surface area contributed by atoms with Crippen LogP contribution in [-0.2, 0) is 15.8 Å². The summed E-state index contributed by atoms with van der Waals surface area (Å²) in [5.41, 5.74) is 3.85. The van der Waals surface area contributed by atoms with Gasteiger partial charge in [0.05, 0.1) is 16.3 Å². The van der Waals surface area contributed by atoms with Gasteiger partial charge in [-0.25, -0.2) is 22.9 Å². The Morgan fingerprint density at radius 2 is 1.73 bits per heavy atom. The second-order valence-electron chi connectivity index (χ2n) is 6.47. The second-order valence-corrected chi connectivity index (χ2v) is 8.99. The predicted molar refractivity (Wildman–Crippen MR) is 115 cm³/mol. The minimum Gasteiger partial charge on any atom is -0.332 e. The summed E-state index contributed by atoms with van der Waals surface area (Å²) in [5, 5.41) is 5.81. The lowest BCUT2D eigenvalue weighted by molar-refractivity contribution is 0.598. The molecule has 0 aliphatic heterocycles. The minimum atomic E-state index is -3.71. The van der Waals surface area contributed by atoms with E-state index in [1.165, 1.54) is 36.0 Å². The zero-order valence-electron chi connectivity index (χ0n) is 15.6. The van der Waals surface area contributed by atoms with Crippen LogP contribution in [0, 0.1) is 5.82 Å². The van der Waals surface area contributed by atoms with E-state index in [1.54, 1.807) is 30.5 Å². The standard InChI is InChI=1S/C21H17FN4O2S2/c22-16-8-6-15(7-9-16)19-20(18-3-1-2-12-24-18)26-21(25-19)29-13-14-4-10-17(11-5-14)30(23,27)28/h1-12H,13H2,(H,25,26)(H2,23,27,28). The monoisotopic (exact) mass is 440 g/mol. The van der Waals surface area contributed by atoms with Gasteiger partial charge < -0.3 is 4.98 Å². The number of nitrogens with zero attached hydrogens (tertiary/aromatic N) is 2. The van der Waals surface area contributed by atoms with Gasteiger partial charge in [-0.3, -0.25) is 4.98 Å². The van der Waals surface area contributed by atoms with Crippen LogP contribution < -0.4 is 5.14 Å². The molecule has 30 heavy (non-hydrogen) atoms. The van der Waals surface area contributed by atoms with Crippen molar-refractivity contribution in [1.82, 2.24) is 15.0 Å². The molecule has 0 fully saturated rings. The number of hydrogen-bond donors (Lipinski definition) is 2. The number of nitrogens with two attached hydrogens (primary N) is 1. The van der Waals surface area contributed by atoms with Crippen LogP contribution in [0.5, 0.6) is 0 Å². The summed E-state index contributed by atoms with van der Waals surface area (Å²) in [6.07, 6.45) is 1.69. The molecule has 0 radical (unpaired) electrons. The number of sulfonamides is 1. The molecule has 0 aliphatic carbocycles. The highest BCUT2D eigenvalue weighted by Crippen LogP contribution is 2.32. The smallest absolute Gasteiger partial charge is 0.238 e. The highest BCUT2D eigenvalue weighted by atomic mass is 32.2. The van der Waals surface area contributed by atoms with Crippen molar-refractivity contribution in [2.75, 3.05) is 0 Å². The molecule has 3 N–H and O–H groups in total. The van der Waals surface area contributed by atoms with Crippen LogP contribution in [0.25, 0.3) is 22.6 Å². The summed E-state index contributed by atoms with van der Waals surface area (Å²) in [6, 6.07) is 18.2. The molecule has 0 amide bonds. The van der Waals surface area contributed by atoms with Crippen LogP contribution in [0.3, 0.4) is 0 Å². The Morgan fingerprint density at radius 1 is 1.00 bits per heavy atom. The highest BCUT2D eigenvalue weighted by molar-refractivity contribution is 7.98. The first-order valence-electron chi connectivity index (χ1n) is 8.92. The zero-order chi connectivity index (χ0) is 21.1. The molecule has 2 heterocycles. The topological polar surface area (TPSA) is 102 Å². The lowest BCUT2D eigenvalue weighted by Gasteiger charge is -2.02. The number of pyridine rings is 1. The van der Waals surface area contributed by atoms with Gasteiger partial charge in [0.15, 0.2) is 5.16 Å². The van der Waals surface area contributed by atoms with Crippen LogP contribution in [-0.4, -0.2) is 23.4 Å². The van der Waals surface area contributed by atoms with Gasteiger partial charge in [-0.2, -0.15) is 0 Å². The van der Waals surface area contributed by atoms with Crippen molar-refractivity contribution >= 4 is 21.8 Å². The Balaban J connectivity index is 1.62. The Bertz CT molecular complexity index is 1260. The molecule has 0 atom stereocenters. The van der Waals surface area contributed by atoms with Crippen molar-refractivity contribution in [2.45, 2.75) is 15.8 Å². The summed E-state index contributed by atoms with van der Waals surface area (Å²) in [7, 11) is -3.71. The maximum atomic E-state index is 13.4. The van der Waals surface area contributed by atoms with Gasteiger partial charge >= 0.3 is 0 Å². The van der Waals surface area contributed by atoms with Gasteiger partial charge in [-0.1, -0.05) is 30.0 Å². The molecule has 152 valence electrons. The third-order valence-corrected chi connectivity index (χ3v) is 6.22. The number of rotatable bonds is 6. The lowest BCUT2D eigenvalue weighted by atomic mass is 10.1. The zero-order valence-corrected chi connectivity index (χ0v) is 17.3. The van der Waals surface area contributed by atoms with E-state index < -0.39 is 10.0 Å². The lowest BCUT2D eigenvalue weighted by Crippen LogP contribution is -2.11. The van der Waals surface area contributed by atoms with E-state index in [0.717, 1.165) is 16.8 Å². The molecule has 6 nitrogen and oxygen atoms in total. The van der Waals surface area contributed by atoms with Gasteiger partial charge in [0.2, 0.25) is 10.0 Å². The molecule has 0 saturated heterocycles. The number of hydrogen-bond acceptors (Lipinski definition) is 5. The predicted octanol–water partition coefficient (Wildman–Crippen LogP) is 4.22. The van der Waals surface area contributed by atoms with Crippen LogP contribution in [0.15, 0.2) is 83.0 Å².